The molecule has 0 radical (unpaired) electrons. The summed E-state index contributed by atoms with van der Waals surface area (Å²) in [6, 6.07) is 21.4. The standard InChI is InChI=1S/C27H28N2O6/c1-27(2,16-14-19-6-4-3-5-7-19)35-26(32)28-17-15-20-8-10-21(11-9-20)22-12-13-23(25(30)31)24(18-22)29(33)34/h3-13,18H,14-17H2,1-2H3,(H,28,32)(H,30,31). The fourth-order valence-electron chi connectivity index (χ4n) is 3.64. The van der Waals surface area contributed by atoms with Gasteiger partial charge in [0.2, 0.25) is 0 Å². The average Bonchev–Trinajstić information content (AvgIpc) is 2.83. The van der Waals surface area contributed by atoms with Crippen molar-refractivity contribution in [2.24, 2.45) is 0 Å². The van der Waals surface area contributed by atoms with Gasteiger partial charge in [0.05, 0.1) is 4.92 Å². The van der Waals surface area contributed by atoms with E-state index in [0.717, 1.165) is 17.5 Å². The number of hydrogen-bond donors (Lipinski definition) is 2. The number of nitrogens with one attached hydrogen (secondary N) is 1. The summed E-state index contributed by atoms with van der Waals surface area (Å²) in [5.74, 6) is -1.34. The van der Waals surface area contributed by atoms with E-state index in [9.17, 15) is 19.7 Å². The van der Waals surface area contributed by atoms with Gasteiger partial charge < -0.3 is 15.2 Å². The lowest BCUT2D eigenvalue weighted by Crippen LogP contribution is -2.35. The molecule has 0 spiro atoms. The van der Waals surface area contributed by atoms with Crippen molar-refractivity contribution in [1.29, 1.82) is 0 Å². The fourth-order valence-corrected chi connectivity index (χ4v) is 3.64. The minimum atomic E-state index is -1.34. The van der Waals surface area contributed by atoms with Crippen LogP contribution >= 0.6 is 0 Å². The number of nitro benzene ring substituents is 1. The van der Waals surface area contributed by atoms with Gasteiger partial charge >= 0.3 is 12.1 Å². The maximum atomic E-state index is 12.2. The molecule has 8 heteroatoms. The van der Waals surface area contributed by atoms with E-state index in [1.807, 2.05) is 56.3 Å². The molecule has 0 unspecified atom stereocenters. The van der Waals surface area contributed by atoms with Crippen molar-refractivity contribution in [3.63, 3.8) is 0 Å². The molecule has 0 heterocycles. The summed E-state index contributed by atoms with van der Waals surface area (Å²) in [6.45, 7) is 4.18. The molecule has 0 atom stereocenters. The number of rotatable bonds is 10. The normalized spacial score (nSPS) is 11.0. The van der Waals surface area contributed by atoms with Crippen LogP contribution in [0.5, 0.6) is 0 Å². The zero-order chi connectivity index (χ0) is 25.4. The van der Waals surface area contributed by atoms with Gasteiger partial charge in [0, 0.05) is 12.6 Å². The third-order valence-corrected chi connectivity index (χ3v) is 5.62. The van der Waals surface area contributed by atoms with Crippen LogP contribution in [0.4, 0.5) is 10.5 Å². The molecule has 0 fully saturated rings. The fraction of sp³-hybridized carbons (Fsp3) is 0.259. The number of amides is 1. The summed E-state index contributed by atoms with van der Waals surface area (Å²) in [7, 11) is 0. The van der Waals surface area contributed by atoms with Gasteiger partial charge in [-0.3, -0.25) is 10.1 Å². The highest BCUT2D eigenvalue weighted by molar-refractivity contribution is 5.93. The first-order valence-electron chi connectivity index (χ1n) is 11.3. The van der Waals surface area contributed by atoms with E-state index in [1.54, 1.807) is 18.2 Å². The summed E-state index contributed by atoms with van der Waals surface area (Å²) in [5.41, 5.74) is 2.04. The number of carbonyl (C=O) groups excluding carboxylic acids is 1. The average molecular weight is 477 g/mol. The molecule has 0 aliphatic rings. The molecule has 35 heavy (non-hydrogen) atoms. The Hall–Kier alpha value is -4.20. The molecule has 3 rings (SSSR count). The highest BCUT2D eigenvalue weighted by Gasteiger charge is 2.23. The number of carboxylic acid groups (broad SMARTS) is 1. The molecule has 3 aromatic carbocycles. The van der Waals surface area contributed by atoms with Gasteiger partial charge in [-0.2, -0.15) is 0 Å². The first kappa shape index (κ1) is 25.4. The molecule has 8 nitrogen and oxygen atoms in total. The first-order chi connectivity index (χ1) is 16.6. The molecule has 3 aromatic rings. The highest BCUT2D eigenvalue weighted by Crippen LogP contribution is 2.27. The highest BCUT2D eigenvalue weighted by atomic mass is 16.6. The van der Waals surface area contributed by atoms with E-state index in [1.165, 1.54) is 17.7 Å². The summed E-state index contributed by atoms with van der Waals surface area (Å²) in [5, 5.41) is 23.1. The Morgan fingerprint density at radius 3 is 2.20 bits per heavy atom. The van der Waals surface area contributed by atoms with Crippen molar-refractivity contribution in [3.8, 4) is 11.1 Å². The second kappa shape index (κ2) is 11.3. The van der Waals surface area contributed by atoms with Crippen LogP contribution in [0, 0.1) is 10.1 Å². The Morgan fingerprint density at radius 2 is 1.57 bits per heavy atom. The number of carboxylic acids is 1. The molecule has 0 aromatic heterocycles. The zero-order valence-corrected chi connectivity index (χ0v) is 19.7. The van der Waals surface area contributed by atoms with Gasteiger partial charge in [0.15, 0.2) is 0 Å². The van der Waals surface area contributed by atoms with Crippen molar-refractivity contribution in [2.45, 2.75) is 38.7 Å². The van der Waals surface area contributed by atoms with Gasteiger partial charge in [0.1, 0.15) is 11.2 Å². The van der Waals surface area contributed by atoms with E-state index < -0.39 is 28.3 Å². The number of carbonyl (C=O) groups is 2. The molecule has 182 valence electrons. The molecule has 2 N–H and O–H groups in total. The van der Waals surface area contributed by atoms with Crippen LogP contribution in [0.15, 0.2) is 72.8 Å². The molecule has 0 aliphatic carbocycles. The Bertz CT molecular complexity index is 1190. The molecular formula is C27H28N2O6. The van der Waals surface area contributed by atoms with Gasteiger partial charge in [-0.05, 0) is 61.4 Å². The number of aryl methyl sites for hydroxylation is 1. The SMILES string of the molecule is CC(C)(CCc1ccccc1)OC(=O)NCCc1ccc(-c2ccc(C(=O)O)c([N+](=O)[O-])c2)cc1. The van der Waals surface area contributed by atoms with E-state index in [0.29, 0.717) is 24.9 Å². The maximum absolute atomic E-state index is 12.2. The van der Waals surface area contributed by atoms with Gasteiger partial charge in [-0.15, -0.1) is 0 Å². The van der Waals surface area contributed by atoms with Crippen molar-refractivity contribution in [1.82, 2.24) is 5.32 Å². The predicted molar refractivity (Wildman–Crippen MR) is 133 cm³/mol. The topological polar surface area (TPSA) is 119 Å². The van der Waals surface area contributed by atoms with Crippen LogP contribution in [0.1, 0.15) is 41.8 Å². The van der Waals surface area contributed by atoms with E-state index in [4.69, 9.17) is 9.84 Å². The third-order valence-electron chi connectivity index (χ3n) is 5.62. The van der Waals surface area contributed by atoms with E-state index in [2.05, 4.69) is 5.32 Å². The van der Waals surface area contributed by atoms with Gasteiger partial charge in [-0.25, -0.2) is 9.59 Å². The number of nitrogens with zero attached hydrogens (tertiary/aromatic N) is 1. The number of hydrogen-bond acceptors (Lipinski definition) is 5. The monoisotopic (exact) mass is 476 g/mol. The second-order valence-electron chi connectivity index (χ2n) is 8.80. The zero-order valence-electron chi connectivity index (χ0n) is 19.7. The lowest BCUT2D eigenvalue weighted by Gasteiger charge is -2.25. The number of alkyl carbamates (subject to hydrolysis) is 1. The summed E-state index contributed by atoms with van der Waals surface area (Å²) < 4.78 is 5.58. The van der Waals surface area contributed by atoms with Crippen molar-refractivity contribution < 1.29 is 24.4 Å². The number of ether oxygens (including phenoxy) is 1. The predicted octanol–water partition coefficient (Wildman–Crippen LogP) is 5.64. The lowest BCUT2D eigenvalue weighted by atomic mass is 9.99. The van der Waals surface area contributed by atoms with Crippen molar-refractivity contribution >= 4 is 17.7 Å². The third kappa shape index (κ3) is 7.40. The quantitative estimate of drug-likeness (QED) is 0.289. The van der Waals surface area contributed by atoms with Crippen LogP contribution in [-0.2, 0) is 17.6 Å². The molecule has 0 saturated heterocycles. The number of nitro groups is 1. The summed E-state index contributed by atoms with van der Waals surface area (Å²) in [4.78, 5) is 33.9. The largest absolute Gasteiger partial charge is 0.477 e. The summed E-state index contributed by atoms with van der Waals surface area (Å²) in [6.07, 6.45) is 1.64. The second-order valence-corrected chi connectivity index (χ2v) is 8.80. The Kier molecular flexibility index (Phi) is 8.20. The van der Waals surface area contributed by atoms with E-state index in [-0.39, 0.29) is 5.56 Å². The van der Waals surface area contributed by atoms with Crippen LogP contribution in [0.3, 0.4) is 0 Å². The Balaban J connectivity index is 1.50. The molecule has 0 saturated carbocycles. The van der Waals surface area contributed by atoms with Gasteiger partial charge in [-0.1, -0.05) is 60.7 Å². The number of benzene rings is 3. The summed E-state index contributed by atoms with van der Waals surface area (Å²) >= 11 is 0. The minimum Gasteiger partial charge on any atom is -0.477 e. The molecule has 0 bridgehead atoms. The first-order valence-corrected chi connectivity index (χ1v) is 11.3. The van der Waals surface area contributed by atoms with Crippen LogP contribution in [0.2, 0.25) is 0 Å². The molecule has 0 aliphatic heterocycles. The van der Waals surface area contributed by atoms with E-state index >= 15 is 0 Å². The number of aromatic carboxylic acids is 1. The Labute approximate surface area is 203 Å². The smallest absolute Gasteiger partial charge is 0.407 e. The molecular weight excluding hydrogens is 448 g/mol. The van der Waals surface area contributed by atoms with Crippen molar-refractivity contribution in [2.75, 3.05) is 6.54 Å². The maximum Gasteiger partial charge on any atom is 0.407 e. The molecule has 1 amide bonds. The minimum absolute atomic E-state index is 0.350. The van der Waals surface area contributed by atoms with Gasteiger partial charge in [0.25, 0.3) is 5.69 Å². The van der Waals surface area contributed by atoms with Crippen LogP contribution < -0.4 is 5.32 Å². The van der Waals surface area contributed by atoms with Crippen molar-refractivity contribution in [3.05, 3.63) is 99.6 Å². The lowest BCUT2D eigenvalue weighted by molar-refractivity contribution is -0.385. The van der Waals surface area contributed by atoms with Crippen LogP contribution in [-0.4, -0.2) is 34.2 Å². The Morgan fingerprint density at radius 1 is 0.943 bits per heavy atom. The van der Waals surface area contributed by atoms with Crippen LogP contribution in [0.25, 0.3) is 11.1 Å².